The van der Waals surface area contributed by atoms with E-state index < -0.39 is 0 Å². The van der Waals surface area contributed by atoms with Crippen molar-refractivity contribution in [3.63, 3.8) is 0 Å². The highest BCUT2D eigenvalue weighted by molar-refractivity contribution is 7.14. The van der Waals surface area contributed by atoms with Gasteiger partial charge in [0.15, 0.2) is 5.96 Å². The zero-order chi connectivity index (χ0) is 20.6. The number of nitrogens with zero attached hydrogens (tertiary/aromatic N) is 4. The van der Waals surface area contributed by atoms with E-state index in [0.717, 1.165) is 57.1 Å². The molecule has 0 spiro atoms. The number of hydrogen-bond donors (Lipinski definition) is 2. The molecule has 3 heterocycles. The predicted octanol–water partition coefficient (Wildman–Crippen LogP) is 3.70. The van der Waals surface area contributed by atoms with Crippen LogP contribution in [0.15, 0.2) is 65.2 Å². The van der Waals surface area contributed by atoms with E-state index in [1.165, 1.54) is 10.6 Å². The number of nitrogens with one attached hydrogen (secondary N) is 2. The lowest BCUT2D eigenvalue weighted by Crippen LogP contribution is -2.48. The Morgan fingerprint density at radius 2 is 2.00 bits per heavy atom. The summed E-state index contributed by atoms with van der Waals surface area (Å²) in [6.45, 7) is 5.95. The van der Waals surface area contributed by atoms with Crippen molar-refractivity contribution in [3.8, 4) is 5.69 Å². The van der Waals surface area contributed by atoms with Crippen LogP contribution in [0.25, 0.3) is 5.69 Å². The molecular weight excluding hydrogens is 392 g/mol. The quantitative estimate of drug-likeness (QED) is 0.450. The van der Waals surface area contributed by atoms with Crippen LogP contribution in [0.1, 0.15) is 25.3 Å². The Balaban J connectivity index is 1.26. The summed E-state index contributed by atoms with van der Waals surface area (Å²) in [5, 5.41) is 14.8. The largest absolute Gasteiger partial charge is 0.363 e. The van der Waals surface area contributed by atoms with Crippen molar-refractivity contribution in [2.24, 2.45) is 4.99 Å². The van der Waals surface area contributed by atoms with Gasteiger partial charge in [0.05, 0.1) is 10.7 Å². The Labute approximate surface area is 182 Å². The number of piperidine rings is 1. The molecule has 4 rings (SSSR count). The molecule has 2 N–H and O–H groups in total. The summed E-state index contributed by atoms with van der Waals surface area (Å²) in [4.78, 5) is 7.30. The zero-order valence-electron chi connectivity index (χ0n) is 17.5. The SMILES string of the molecule is CCNC(=NCCc1ccc(-n2cccn2)cc1)NC1CCN(c2cccs2)CC1. The number of aromatic nitrogens is 2. The van der Waals surface area contributed by atoms with E-state index in [9.17, 15) is 0 Å². The highest BCUT2D eigenvalue weighted by Gasteiger charge is 2.20. The van der Waals surface area contributed by atoms with Crippen LogP contribution in [0.3, 0.4) is 0 Å². The first-order chi connectivity index (χ1) is 14.8. The number of rotatable bonds is 7. The van der Waals surface area contributed by atoms with Crippen molar-refractivity contribution in [3.05, 3.63) is 65.8 Å². The lowest BCUT2D eigenvalue weighted by atomic mass is 10.1. The standard InChI is InChI=1S/C23H30N6S/c1-2-24-23(27-20-11-16-28(17-12-20)22-5-3-18-30-22)25-14-10-19-6-8-21(9-7-19)29-15-4-13-26-29/h3-9,13,15,18,20H,2,10-12,14,16-17H2,1H3,(H2,24,25,27). The van der Waals surface area contributed by atoms with Gasteiger partial charge in [-0.1, -0.05) is 12.1 Å². The third kappa shape index (κ3) is 5.42. The summed E-state index contributed by atoms with van der Waals surface area (Å²) < 4.78 is 1.87. The summed E-state index contributed by atoms with van der Waals surface area (Å²) in [7, 11) is 0. The van der Waals surface area contributed by atoms with Crippen molar-refractivity contribution < 1.29 is 0 Å². The van der Waals surface area contributed by atoms with Crippen LogP contribution in [0.5, 0.6) is 0 Å². The van der Waals surface area contributed by atoms with Gasteiger partial charge in [0.1, 0.15) is 0 Å². The fourth-order valence-corrected chi connectivity index (χ4v) is 4.53. The van der Waals surface area contributed by atoms with E-state index in [1.807, 2.05) is 28.3 Å². The number of benzene rings is 1. The predicted molar refractivity (Wildman–Crippen MR) is 126 cm³/mol. The molecule has 158 valence electrons. The summed E-state index contributed by atoms with van der Waals surface area (Å²) in [5.74, 6) is 0.931. The van der Waals surface area contributed by atoms with E-state index in [0.29, 0.717) is 6.04 Å². The van der Waals surface area contributed by atoms with Gasteiger partial charge in [-0.3, -0.25) is 4.99 Å². The molecule has 0 atom stereocenters. The van der Waals surface area contributed by atoms with Gasteiger partial charge in [-0.05, 0) is 67.5 Å². The summed E-state index contributed by atoms with van der Waals surface area (Å²) >= 11 is 1.83. The molecule has 0 saturated carbocycles. The van der Waals surface area contributed by atoms with Crippen LogP contribution < -0.4 is 15.5 Å². The Bertz CT molecular complexity index is 894. The van der Waals surface area contributed by atoms with E-state index in [4.69, 9.17) is 4.99 Å². The summed E-state index contributed by atoms with van der Waals surface area (Å²) in [6.07, 6.45) is 6.95. The number of aliphatic imine (C=N–C) groups is 1. The molecule has 1 fully saturated rings. The van der Waals surface area contributed by atoms with Crippen molar-refractivity contribution in [2.75, 3.05) is 31.1 Å². The van der Waals surface area contributed by atoms with Crippen LogP contribution in [-0.4, -0.2) is 48.0 Å². The fraction of sp³-hybridized carbons (Fsp3) is 0.391. The van der Waals surface area contributed by atoms with Gasteiger partial charge in [0, 0.05) is 44.6 Å². The maximum atomic E-state index is 4.81. The molecule has 1 aliphatic rings. The molecule has 3 aromatic rings. The number of anilines is 1. The van der Waals surface area contributed by atoms with E-state index in [1.54, 1.807) is 6.20 Å². The maximum Gasteiger partial charge on any atom is 0.191 e. The van der Waals surface area contributed by atoms with E-state index in [2.05, 4.69) is 69.3 Å². The number of hydrogen-bond acceptors (Lipinski definition) is 4. The Kier molecular flexibility index (Phi) is 7.03. The Morgan fingerprint density at radius 1 is 1.17 bits per heavy atom. The smallest absolute Gasteiger partial charge is 0.191 e. The second kappa shape index (κ2) is 10.3. The van der Waals surface area contributed by atoms with Crippen molar-refractivity contribution in [1.29, 1.82) is 0 Å². The van der Waals surface area contributed by atoms with E-state index in [-0.39, 0.29) is 0 Å². The van der Waals surface area contributed by atoms with Crippen LogP contribution in [0, 0.1) is 0 Å². The molecule has 1 saturated heterocycles. The van der Waals surface area contributed by atoms with Crippen molar-refractivity contribution in [2.45, 2.75) is 32.2 Å². The second-order valence-corrected chi connectivity index (χ2v) is 8.41. The minimum absolute atomic E-state index is 0.479. The average molecular weight is 423 g/mol. The molecule has 0 amide bonds. The van der Waals surface area contributed by atoms with Crippen LogP contribution in [0.2, 0.25) is 0 Å². The molecule has 0 unspecified atom stereocenters. The van der Waals surface area contributed by atoms with E-state index >= 15 is 0 Å². The van der Waals surface area contributed by atoms with Crippen LogP contribution in [-0.2, 0) is 6.42 Å². The summed E-state index contributed by atoms with van der Waals surface area (Å²) in [6, 6.07) is 15.3. The fourth-order valence-electron chi connectivity index (χ4n) is 3.74. The van der Waals surface area contributed by atoms with Gasteiger partial charge in [-0.15, -0.1) is 11.3 Å². The van der Waals surface area contributed by atoms with Crippen molar-refractivity contribution >= 4 is 22.3 Å². The van der Waals surface area contributed by atoms with Gasteiger partial charge in [0.2, 0.25) is 0 Å². The average Bonchev–Trinajstić information content (AvgIpc) is 3.50. The molecule has 0 radical (unpaired) electrons. The Morgan fingerprint density at radius 3 is 2.67 bits per heavy atom. The molecule has 30 heavy (non-hydrogen) atoms. The third-order valence-electron chi connectivity index (χ3n) is 5.37. The first-order valence-electron chi connectivity index (χ1n) is 10.7. The molecule has 1 aliphatic heterocycles. The highest BCUT2D eigenvalue weighted by atomic mass is 32.1. The minimum atomic E-state index is 0.479. The molecule has 1 aromatic carbocycles. The first-order valence-corrected chi connectivity index (χ1v) is 11.6. The van der Waals surface area contributed by atoms with Gasteiger partial charge in [-0.25, -0.2) is 4.68 Å². The summed E-state index contributed by atoms with van der Waals surface area (Å²) in [5.41, 5.74) is 2.37. The first kappa shape index (κ1) is 20.5. The molecule has 2 aromatic heterocycles. The van der Waals surface area contributed by atoms with Gasteiger partial charge >= 0.3 is 0 Å². The van der Waals surface area contributed by atoms with Gasteiger partial charge in [-0.2, -0.15) is 5.10 Å². The molecule has 0 aliphatic carbocycles. The topological polar surface area (TPSA) is 57.5 Å². The van der Waals surface area contributed by atoms with Gasteiger partial charge in [0.25, 0.3) is 0 Å². The van der Waals surface area contributed by atoms with Crippen molar-refractivity contribution in [1.82, 2.24) is 20.4 Å². The lowest BCUT2D eigenvalue weighted by molar-refractivity contribution is 0.463. The highest BCUT2D eigenvalue weighted by Crippen LogP contribution is 2.24. The van der Waals surface area contributed by atoms with Crippen LogP contribution in [0.4, 0.5) is 5.00 Å². The maximum absolute atomic E-state index is 4.81. The molecular formula is C23H30N6S. The third-order valence-corrected chi connectivity index (χ3v) is 6.30. The normalized spacial score (nSPS) is 15.4. The Hall–Kier alpha value is -2.80. The second-order valence-electron chi connectivity index (χ2n) is 7.48. The molecule has 7 heteroatoms. The minimum Gasteiger partial charge on any atom is -0.363 e. The number of guanidine groups is 1. The molecule has 6 nitrogen and oxygen atoms in total. The van der Waals surface area contributed by atoms with Crippen LogP contribution >= 0.6 is 11.3 Å². The lowest BCUT2D eigenvalue weighted by Gasteiger charge is -2.33. The monoisotopic (exact) mass is 422 g/mol. The zero-order valence-corrected chi connectivity index (χ0v) is 18.3. The number of thiophene rings is 1. The van der Waals surface area contributed by atoms with Gasteiger partial charge < -0.3 is 15.5 Å². The molecule has 0 bridgehead atoms.